The van der Waals surface area contributed by atoms with Crippen molar-refractivity contribution in [1.82, 2.24) is 15.0 Å². The molecule has 0 aliphatic carbocycles. The lowest BCUT2D eigenvalue weighted by Gasteiger charge is -2.22. The topological polar surface area (TPSA) is 59.2 Å². The van der Waals surface area contributed by atoms with Crippen molar-refractivity contribution in [3.8, 4) is 11.4 Å². The number of hydrogen-bond acceptors (Lipinski definition) is 4. The van der Waals surface area contributed by atoms with Gasteiger partial charge in [-0.15, -0.1) is 0 Å². The van der Waals surface area contributed by atoms with Crippen LogP contribution < -0.4 is 0 Å². The molecule has 5 nitrogen and oxygen atoms in total. The smallest absolute Gasteiger partial charge is 0.254 e. The first-order chi connectivity index (χ1) is 13.5. The van der Waals surface area contributed by atoms with Gasteiger partial charge in [0.2, 0.25) is 11.7 Å². The zero-order valence-electron chi connectivity index (χ0n) is 15.9. The minimum atomic E-state index is -0.207. The SMILES string of the molecule is CC(C)c1ccc(C(=O)N2CCC[C@H]2c2nc(-c3ccccc3Cl)no2)cc1. The first-order valence-corrected chi connectivity index (χ1v) is 9.92. The fraction of sp³-hybridized carbons (Fsp3) is 0.318. The molecule has 1 amide bonds. The summed E-state index contributed by atoms with van der Waals surface area (Å²) in [5.74, 6) is 1.33. The minimum absolute atomic E-state index is 0.00435. The predicted molar refractivity (Wildman–Crippen MR) is 108 cm³/mol. The third kappa shape index (κ3) is 3.54. The van der Waals surface area contributed by atoms with Gasteiger partial charge in [0.05, 0.1) is 5.02 Å². The molecular formula is C22H22ClN3O2. The first-order valence-electron chi connectivity index (χ1n) is 9.54. The Morgan fingerprint density at radius 3 is 2.64 bits per heavy atom. The van der Waals surface area contributed by atoms with E-state index in [-0.39, 0.29) is 11.9 Å². The molecule has 0 bridgehead atoms. The first kappa shape index (κ1) is 18.7. The standard InChI is InChI=1S/C22H22ClN3O2/c1-14(2)15-9-11-16(12-10-15)22(27)26-13-5-8-19(26)21-24-20(25-28-21)17-6-3-4-7-18(17)23/h3-4,6-7,9-12,14,19H,5,8,13H2,1-2H3/t19-/m0/s1. The highest BCUT2D eigenvalue weighted by Crippen LogP contribution is 2.34. The maximum absolute atomic E-state index is 13.1. The van der Waals surface area contributed by atoms with Gasteiger partial charge in [0, 0.05) is 17.7 Å². The van der Waals surface area contributed by atoms with Gasteiger partial charge in [0.1, 0.15) is 6.04 Å². The van der Waals surface area contributed by atoms with Crippen LogP contribution in [0.4, 0.5) is 0 Å². The number of halogens is 1. The quantitative estimate of drug-likeness (QED) is 0.586. The maximum Gasteiger partial charge on any atom is 0.254 e. The Morgan fingerprint density at radius 1 is 1.18 bits per heavy atom. The van der Waals surface area contributed by atoms with E-state index in [9.17, 15) is 4.79 Å². The molecule has 0 radical (unpaired) electrons. The summed E-state index contributed by atoms with van der Waals surface area (Å²) >= 11 is 6.24. The van der Waals surface area contributed by atoms with Crippen molar-refractivity contribution in [2.75, 3.05) is 6.54 Å². The molecule has 6 heteroatoms. The van der Waals surface area contributed by atoms with E-state index in [2.05, 4.69) is 24.0 Å². The number of nitrogens with zero attached hydrogens (tertiary/aromatic N) is 3. The molecule has 28 heavy (non-hydrogen) atoms. The minimum Gasteiger partial charge on any atom is -0.337 e. The summed E-state index contributed by atoms with van der Waals surface area (Å²) in [6.07, 6.45) is 1.71. The molecule has 4 rings (SSSR count). The summed E-state index contributed by atoms with van der Waals surface area (Å²) in [5, 5.41) is 4.65. The van der Waals surface area contributed by atoms with E-state index in [0.717, 1.165) is 18.4 Å². The highest BCUT2D eigenvalue weighted by molar-refractivity contribution is 6.33. The van der Waals surface area contributed by atoms with Crippen LogP contribution in [0, 0.1) is 0 Å². The van der Waals surface area contributed by atoms with Gasteiger partial charge < -0.3 is 9.42 Å². The highest BCUT2D eigenvalue weighted by atomic mass is 35.5. The van der Waals surface area contributed by atoms with E-state index in [1.165, 1.54) is 5.56 Å². The molecule has 1 fully saturated rings. The van der Waals surface area contributed by atoms with Crippen LogP contribution in [0.1, 0.15) is 60.5 Å². The Kier molecular flexibility index (Phi) is 5.18. The lowest BCUT2D eigenvalue weighted by atomic mass is 10.0. The molecule has 0 spiro atoms. The Hall–Kier alpha value is -2.66. The van der Waals surface area contributed by atoms with Gasteiger partial charge >= 0.3 is 0 Å². The molecule has 1 atom stereocenters. The van der Waals surface area contributed by atoms with Crippen LogP contribution in [0.2, 0.25) is 5.02 Å². The molecule has 0 unspecified atom stereocenters. The average Bonchev–Trinajstić information content (AvgIpc) is 3.37. The van der Waals surface area contributed by atoms with Gasteiger partial charge in [0.25, 0.3) is 5.91 Å². The molecule has 0 N–H and O–H groups in total. The van der Waals surface area contributed by atoms with E-state index in [1.807, 2.05) is 47.4 Å². The molecule has 2 heterocycles. The molecule has 1 saturated heterocycles. The Bertz CT molecular complexity index is 981. The van der Waals surface area contributed by atoms with Crippen molar-refractivity contribution in [3.05, 3.63) is 70.6 Å². The molecule has 2 aromatic carbocycles. The van der Waals surface area contributed by atoms with Crippen molar-refractivity contribution in [2.24, 2.45) is 0 Å². The molecule has 1 aliphatic rings. The molecule has 1 aromatic heterocycles. The van der Waals surface area contributed by atoms with Gasteiger partial charge in [-0.1, -0.05) is 54.9 Å². The van der Waals surface area contributed by atoms with E-state index in [0.29, 0.717) is 34.8 Å². The fourth-order valence-corrected chi connectivity index (χ4v) is 3.79. The van der Waals surface area contributed by atoms with Crippen LogP contribution in [0.3, 0.4) is 0 Å². The number of hydrogen-bond donors (Lipinski definition) is 0. The van der Waals surface area contributed by atoms with Crippen molar-refractivity contribution in [3.63, 3.8) is 0 Å². The van der Waals surface area contributed by atoms with Crippen molar-refractivity contribution >= 4 is 17.5 Å². The number of benzene rings is 2. The van der Waals surface area contributed by atoms with Gasteiger partial charge in [-0.2, -0.15) is 4.98 Å². The fourth-order valence-electron chi connectivity index (χ4n) is 3.57. The zero-order valence-corrected chi connectivity index (χ0v) is 16.7. The molecule has 0 saturated carbocycles. The largest absolute Gasteiger partial charge is 0.337 e. The lowest BCUT2D eigenvalue weighted by Crippen LogP contribution is -2.30. The Morgan fingerprint density at radius 2 is 1.93 bits per heavy atom. The number of carbonyl (C=O) groups excluding carboxylic acids is 1. The molecular weight excluding hydrogens is 374 g/mol. The second-order valence-electron chi connectivity index (χ2n) is 7.37. The Labute approximate surface area is 169 Å². The van der Waals surface area contributed by atoms with Crippen molar-refractivity contribution in [2.45, 2.75) is 38.6 Å². The van der Waals surface area contributed by atoms with Crippen LogP contribution in [0.5, 0.6) is 0 Å². The number of aromatic nitrogens is 2. The van der Waals surface area contributed by atoms with Gasteiger partial charge in [-0.25, -0.2) is 0 Å². The van der Waals surface area contributed by atoms with E-state index >= 15 is 0 Å². The summed E-state index contributed by atoms with van der Waals surface area (Å²) in [7, 11) is 0. The van der Waals surface area contributed by atoms with Crippen LogP contribution in [-0.4, -0.2) is 27.5 Å². The van der Waals surface area contributed by atoms with Gasteiger partial charge in [-0.05, 0) is 48.6 Å². The van der Waals surface area contributed by atoms with Gasteiger partial charge in [0.15, 0.2) is 0 Å². The maximum atomic E-state index is 13.1. The normalized spacial score (nSPS) is 16.7. The van der Waals surface area contributed by atoms with Crippen LogP contribution in [0.25, 0.3) is 11.4 Å². The summed E-state index contributed by atoms with van der Waals surface area (Å²) in [6, 6.07) is 15.0. The predicted octanol–water partition coefficient (Wildman–Crippen LogP) is 5.49. The average molecular weight is 396 g/mol. The van der Waals surface area contributed by atoms with Crippen molar-refractivity contribution < 1.29 is 9.32 Å². The summed E-state index contributed by atoms with van der Waals surface area (Å²) < 4.78 is 5.51. The third-order valence-electron chi connectivity index (χ3n) is 5.18. The number of carbonyl (C=O) groups is 1. The summed E-state index contributed by atoms with van der Waals surface area (Å²) in [4.78, 5) is 19.4. The molecule has 144 valence electrons. The zero-order chi connectivity index (χ0) is 19.7. The molecule has 1 aliphatic heterocycles. The molecule has 3 aromatic rings. The number of likely N-dealkylation sites (tertiary alicyclic amines) is 1. The lowest BCUT2D eigenvalue weighted by molar-refractivity contribution is 0.0710. The summed E-state index contributed by atoms with van der Waals surface area (Å²) in [5.41, 5.74) is 2.62. The van der Waals surface area contributed by atoms with Crippen LogP contribution in [-0.2, 0) is 0 Å². The second kappa shape index (κ2) is 7.76. The monoisotopic (exact) mass is 395 g/mol. The van der Waals surface area contributed by atoms with Crippen LogP contribution in [0.15, 0.2) is 53.1 Å². The summed E-state index contributed by atoms with van der Waals surface area (Å²) in [6.45, 7) is 4.96. The van der Waals surface area contributed by atoms with Gasteiger partial charge in [-0.3, -0.25) is 4.79 Å². The second-order valence-corrected chi connectivity index (χ2v) is 7.78. The van der Waals surface area contributed by atoms with E-state index in [1.54, 1.807) is 6.07 Å². The number of amides is 1. The van der Waals surface area contributed by atoms with Crippen LogP contribution >= 0.6 is 11.6 Å². The Balaban J connectivity index is 1.57. The third-order valence-corrected chi connectivity index (χ3v) is 5.51. The van der Waals surface area contributed by atoms with Crippen molar-refractivity contribution in [1.29, 1.82) is 0 Å². The van der Waals surface area contributed by atoms with E-state index in [4.69, 9.17) is 16.1 Å². The van der Waals surface area contributed by atoms with E-state index < -0.39 is 0 Å². The number of rotatable bonds is 4. The highest BCUT2D eigenvalue weighted by Gasteiger charge is 2.34.